The van der Waals surface area contributed by atoms with Crippen LogP contribution in [0.1, 0.15) is 11.1 Å². The first-order valence-electron chi connectivity index (χ1n) is 4.36. The van der Waals surface area contributed by atoms with Crippen molar-refractivity contribution in [2.24, 2.45) is 0 Å². The molecular formula is C10H13NOS. The maximum absolute atomic E-state index is 12.1. The van der Waals surface area contributed by atoms with Crippen LogP contribution in [-0.2, 0) is 13.1 Å². The van der Waals surface area contributed by atoms with E-state index in [0.717, 1.165) is 0 Å². The molecule has 0 saturated heterocycles. The molecule has 0 radical (unpaired) electrons. The van der Waals surface area contributed by atoms with Gasteiger partial charge in [-0.05, 0) is 6.26 Å². The zero-order valence-electron chi connectivity index (χ0n) is 7.69. The van der Waals surface area contributed by atoms with Crippen molar-refractivity contribution in [1.82, 2.24) is 0 Å². The molecule has 0 aromatic heterocycles. The SMILES string of the molecule is CSC[N+]1([O-])Cc2ccccc2C1. The molecule has 0 aliphatic carbocycles. The Labute approximate surface area is 82.7 Å². The van der Waals surface area contributed by atoms with Gasteiger partial charge in [0.1, 0.15) is 19.0 Å². The van der Waals surface area contributed by atoms with E-state index in [1.807, 2.05) is 18.4 Å². The molecule has 1 aliphatic heterocycles. The molecule has 0 fully saturated rings. The molecule has 0 unspecified atom stereocenters. The van der Waals surface area contributed by atoms with Crippen molar-refractivity contribution in [3.8, 4) is 0 Å². The molecule has 2 rings (SSSR count). The molecular weight excluding hydrogens is 182 g/mol. The van der Waals surface area contributed by atoms with Gasteiger partial charge in [0, 0.05) is 11.1 Å². The Morgan fingerprint density at radius 2 is 1.85 bits per heavy atom. The minimum atomic E-state index is -0.0828. The van der Waals surface area contributed by atoms with Crippen LogP contribution in [0.4, 0.5) is 0 Å². The van der Waals surface area contributed by atoms with Gasteiger partial charge < -0.3 is 9.85 Å². The summed E-state index contributed by atoms with van der Waals surface area (Å²) in [5.74, 6) is 0.661. The first-order chi connectivity index (χ1) is 6.23. The minimum absolute atomic E-state index is 0.0828. The van der Waals surface area contributed by atoms with E-state index in [2.05, 4.69) is 12.1 Å². The van der Waals surface area contributed by atoms with Crippen molar-refractivity contribution in [1.29, 1.82) is 0 Å². The summed E-state index contributed by atoms with van der Waals surface area (Å²) in [6.07, 6.45) is 1.99. The quantitative estimate of drug-likeness (QED) is 0.534. The average molecular weight is 195 g/mol. The van der Waals surface area contributed by atoms with Gasteiger partial charge in [0.15, 0.2) is 0 Å². The molecule has 2 nitrogen and oxygen atoms in total. The van der Waals surface area contributed by atoms with E-state index >= 15 is 0 Å². The zero-order valence-corrected chi connectivity index (χ0v) is 8.51. The van der Waals surface area contributed by atoms with Gasteiger partial charge in [-0.2, -0.15) is 0 Å². The summed E-state index contributed by atoms with van der Waals surface area (Å²) in [4.78, 5) is 0. The Morgan fingerprint density at radius 3 is 2.31 bits per heavy atom. The van der Waals surface area contributed by atoms with Crippen molar-refractivity contribution >= 4 is 11.8 Å². The van der Waals surface area contributed by atoms with Gasteiger partial charge in [0.2, 0.25) is 0 Å². The lowest BCUT2D eigenvalue weighted by atomic mass is 10.1. The van der Waals surface area contributed by atoms with Crippen molar-refractivity contribution in [3.05, 3.63) is 40.6 Å². The summed E-state index contributed by atoms with van der Waals surface area (Å²) in [7, 11) is 0. The van der Waals surface area contributed by atoms with Crippen LogP contribution in [0.3, 0.4) is 0 Å². The first kappa shape index (κ1) is 9.06. The lowest BCUT2D eigenvalue weighted by Gasteiger charge is -2.37. The van der Waals surface area contributed by atoms with E-state index in [1.165, 1.54) is 11.1 Å². The number of thioether (sulfide) groups is 1. The van der Waals surface area contributed by atoms with E-state index in [4.69, 9.17) is 0 Å². The van der Waals surface area contributed by atoms with Crippen molar-refractivity contribution in [2.45, 2.75) is 13.1 Å². The van der Waals surface area contributed by atoms with Crippen molar-refractivity contribution < 1.29 is 4.65 Å². The number of fused-ring (bicyclic) bond motifs is 1. The molecule has 1 aliphatic rings. The fourth-order valence-electron chi connectivity index (χ4n) is 1.87. The summed E-state index contributed by atoms with van der Waals surface area (Å²) in [6.45, 7) is 1.30. The van der Waals surface area contributed by atoms with E-state index < -0.39 is 0 Å². The highest BCUT2D eigenvalue weighted by Crippen LogP contribution is 2.30. The van der Waals surface area contributed by atoms with Gasteiger partial charge in [-0.3, -0.25) is 0 Å². The van der Waals surface area contributed by atoms with Crippen LogP contribution >= 0.6 is 11.8 Å². The topological polar surface area (TPSA) is 23.1 Å². The Morgan fingerprint density at radius 1 is 1.31 bits per heavy atom. The van der Waals surface area contributed by atoms with Crippen LogP contribution in [0.2, 0.25) is 0 Å². The maximum atomic E-state index is 12.1. The number of nitrogens with zero attached hydrogens (tertiary/aromatic N) is 1. The zero-order chi connectivity index (χ0) is 9.31. The first-order valence-corrected chi connectivity index (χ1v) is 5.76. The number of hydroxylamine groups is 3. The van der Waals surface area contributed by atoms with E-state index in [0.29, 0.717) is 19.0 Å². The third kappa shape index (κ3) is 1.73. The summed E-state index contributed by atoms with van der Waals surface area (Å²) >= 11 is 1.63. The molecule has 0 spiro atoms. The lowest BCUT2D eigenvalue weighted by Crippen LogP contribution is -2.35. The molecule has 70 valence electrons. The Bertz CT molecular complexity index is 289. The molecule has 13 heavy (non-hydrogen) atoms. The Balaban J connectivity index is 2.21. The van der Waals surface area contributed by atoms with Crippen LogP contribution < -0.4 is 0 Å². The maximum Gasteiger partial charge on any atom is 0.125 e. The number of hydrogen-bond donors (Lipinski definition) is 0. The number of rotatable bonds is 2. The Kier molecular flexibility index (Phi) is 2.32. The fraction of sp³-hybridized carbons (Fsp3) is 0.400. The molecule has 1 aromatic carbocycles. The number of hydrogen-bond acceptors (Lipinski definition) is 2. The number of benzene rings is 1. The second kappa shape index (κ2) is 3.33. The second-order valence-corrected chi connectivity index (χ2v) is 4.40. The molecule has 1 heterocycles. The van der Waals surface area contributed by atoms with Gasteiger partial charge in [0.05, 0.1) is 0 Å². The van der Waals surface area contributed by atoms with Gasteiger partial charge in [-0.25, -0.2) is 0 Å². The predicted molar refractivity (Wildman–Crippen MR) is 55.9 cm³/mol. The number of quaternary nitrogens is 1. The van der Waals surface area contributed by atoms with E-state index in [-0.39, 0.29) is 4.65 Å². The molecule has 0 amide bonds. The second-order valence-electron chi connectivity index (χ2n) is 3.56. The molecule has 0 atom stereocenters. The van der Waals surface area contributed by atoms with E-state index in [1.54, 1.807) is 11.8 Å². The third-order valence-corrected chi connectivity index (χ3v) is 3.13. The Hall–Kier alpha value is -0.510. The molecule has 1 aromatic rings. The van der Waals surface area contributed by atoms with Crippen molar-refractivity contribution in [2.75, 3.05) is 12.1 Å². The summed E-state index contributed by atoms with van der Waals surface area (Å²) in [5.41, 5.74) is 2.46. The summed E-state index contributed by atoms with van der Waals surface area (Å²) in [5, 5.41) is 12.1. The summed E-state index contributed by atoms with van der Waals surface area (Å²) in [6, 6.07) is 8.14. The standard InChI is InChI=1S/C10H13NOS/c1-13-8-11(12)6-9-4-2-3-5-10(9)7-11/h2-5H,6-8H2,1H3. The summed E-state index contributed by atoms with van der Waals surface area (Å²) < 4.78 is -0.0828. The molecule has 0 bridgehead atoms. The average Bonchev–Trinajstić information content (AvgIpc) is 2.40. The molecule has 0 saturated carbocycles. The highest BCUT2D eigenvalue weighted by Gasteiger charge is 2.27. The normalized spacial score (nSPS) is 18.6. The van der Waals surface area contributed by atoms with Gasteiger partial charge >= 0.3 is 0 Å². The highest BCUT2D eigenvalue weighted by atomic mass is 32.2. The monoisotopic (exact) mass is 195 g/mol. The van der Waals surface area contributed by atoms with Gasteiger partial charge in [0.25, 0.3) is 0 Å². The highest BCUT2D eigenvalue weighted by molar-refractivity contribution is 7.98. The molecule has 0 N–H and O–H groups in total. The van der Waals surface area contributed by atoms with E-state index in [9.17, 15) is 5.21 Å². The molecule has 3 heteroatoms. The lowest BCUT2D eigenvalue weighted by molar-refractivity contribution is -0.887. The predicted octanol–water partition coefficient (Wildman–Crippen LogP) is 2.34. The van der Waals surface area contributed by atoms with Gasteiger partial charge in [-0.15, -0.1) is 11.8 Å². The van der Waals surface area contributed by atoms with Crippen LogP contribution in [0.25, 0.3) is 0 Å². The van der Waals surface area contributed by atoms with Gasteiger partial charge in [-0.1, -0.05) is 24.3 Å². The smallest absolute Gasteiger partial charge is 0.125 e. The van der Waals surface area contributed by atoms with Crippen molar-refractivity contribution in [3.63, 3.8) is 0 Å². The minimum Gasteiger partial charge on any atom is -0.632 e. The largest absolute Gasteiger partial charge is 0.632 e. The van der Waals surface area contributed by atoms with Crippen LogP contribution in [0, 0.1) is 5.21 Å². The fourth-order valence-corrected chi connectivity index (χ4v) is 2.52. The van der Waals surface area contributed by atoms with Crippen LogP contribution in [-0.4, -0.2) is 16.8 Å². The van der Waals surface area contributed by atoms with Crippen LogP contribution in [0.15, 0.2) is 24.3 Å². The third-order valence-electron chi connectivity index (χ3n) is 2.40. The van der Waals surface area contributed by atoms with Crippen LogP contribution in [0.5, 0.6) is 0 Å².